The molecule has 1 aromatic heterocycles. The number of aliphatic imine (C=N–C) groups is 1. The van der Waals surface area contributed by atoms with E-state index < -0.39 is 28.5 Å². The lowest BCUT2D eigenvalue weighted by Crippen LogP contribution is -2.20. The zero-order valence-electron chi connectivity index (χ0n) is 13.4. The number of pyridine rings is 1. The minimum absolute atomic E-state index is 0.0774. The molecule has 0 saturated heterocycles. The highest BCUT2D eigenvalue weighted by Crippen LogP contribution is 2.26. The van der Waals surface area contributed by atoms with Gasteiger partial charge in [0, 0.05) is 29.9 Å². The van der Waals surface area contributed by atoms with Crippen LogP contribution in [0.15, 0.2) is 46.5 Å². The fourth-order valence-electron chi connectivity index (χ4n) is 2.11. The summed E-state index contributed by atoms with van der Waals surface area (Å²) in [6, 6.07) is 5.46. The molecule has 1 N–H and O–H groups in total. The molecule has 2 rings (SSSR count). The first-order valence-electron chi connectivity index (χ1n) is 7.10. The molecule has 0 bridgehead atoms. The van der Waals surface area contributed by atoms with E-state index >= 15 is 0 Å². The van der Waals surface area contributed by atoms with Gasteiger partial charge in [-0.05, 0) is 36.8 Å². The Balaban J connectivity index is 2.35. The lowest BCUT2D eigenvalue weighted by molar-refractivity contribution is -0.105. The van der Waals surface area contributed by atoms with Crippen molar-refractivity contribution in [3.63, 3.8) is 0 Å². The van der Waals surface area contributed by atoms with E-state index in [1.807, 2.05) is 0 Å². The highest BCUT2D eigenvalue weighted by atomic mass is 32.2. The van der Waals surface area contributed by atoms with Gasteiger partial charge in [0.1, 0.15) is 17.4 Å². The molecule has 0 saturated carbocycles. The van der Waals surface area contributed by atoms with Crippen molar-refractivity contribution in [3.8, 4) is 0 Å². The predicted molar refractivity (Wildman–Crippen MR) is 88.8 cm³/mol. The molecule has 0 aliphatic heterocycles. The van der Waals surface area contributed by atoms with E-state index in [1.54, 1.807) is 12.1 Å². The molecule has 1 heterocycles. The Morgan fingerprint density at radius 1 is 1.28 bits per heavy atom. The maximum atomic E-state index is 14.2. The Labute approximate surface area is 144 Å². The van der Waals surface area contributed by atoms with Gasteiger partial charge in [-0.25, -0.2) is 4.39 Å². The monoisotopic (exact) mass is 373 g/mol. The van der Waals surface area contributed by atoms with E-state index in [1.165, 1.54) is 26.4 Å². The van der Waals surface area contributed by atoms with Gasteiger partial charge >= 0.3 is 6.18 Å². The van der Waals surface area contributed by atoms with Crippen molar-refractivity contribution >= 4 is 22.3 Å². The maximum absolute atomic E-state index is 14.2. The minimum Gasteiger partial charge on any atom is -0.338 e. The molecule has 134 valence electrons. The minimum atomic E-state index is -4.58. The smallest absolute Gasteiger partial charge is 0.338 e. The summed E-state index contributed by atoms with van der Waals surface area (Å²) in [6.07, 6.45) is -1.53. The van der Waals surface area contributed by atoms with Crippen molar-refractivity contribution in [2.75, 3.05) is 18.1 Å². The Bertz CT molecular complexity index is 807. The lowest BCUT2D eigenvalue weighted by atomic mass is 10.2. The molecule has 1 unspecified atom stereocenters. The van der Waals surface area contributed by atoms with Gasteiger partial charge in [-0.1, -0.05) is 0 Å². The van der Waals surface area contributed by atoms with Crippen LogP contribution in [-0.2, 0) is 10.8 Å². The van der Waals surface area contributed by atoms with Crippen LogP contribution in [0.2, 0.25) is 0 Å². The molecule has 0 aliphatic rings. The molecule has 2 aromatic rings. The SMILES string of the molecule is CN=C(Nc1cc(S(=O)CC(F)(F)F)c(C)cc1F)c1ccncc1. The average molecular weight is 373 g/mol. The number of amidine groups is 1. The number of aryl methyl sites for hydroxylation is 1. The van der Waals surface area contributed by atoms with E-state index in [9.17, 15) is 21.8 Å². The van der Waals surface area contributed by atoms with Crippen LogP contribution < -0.4 is 5.32 Å². The first-order valence-corrected chi connectivity index (χ1v) is 8.42. The number of nitrogens with zero attached hydrogens (tertiary/aromatic N) is 2. The van der Waals surface area contributed by atoms with Crippen molar-refractivity contribution < 1.29 is 21.8 Å². The summed E-state index contributed by atoms with van der Waals surface area (Å²) in [4.78, 5) is 7.79. The fraction of sp³-hybridized carbons (Fsp3) is 0.250. The number of aromatic nitrogens is 1. The van der Waals surface area contributed by atoms with Crippen molar-refractivity contribution in [2.45, 2.75) is 18.0 Å². The summed E-state index contributed by atoms with van der Waals surface area (Å²) in [5.74, 6) is -1.86. The van der Waals surface area contributed by atoms with Gasteiger partial charge in [-0.3, -0.25) is 14.2 Å². The largest absolute Gasteiger partial charge is 0.400 e. The summed E-state index contributed by atoms with van der Waals surface area (Å²) in [5, 5.41) is 2.73. The number of anilines is 1. The molecule has 4 nitrogen and oxygen atoms in total. The Morgan fingerprint density at radius 3 is 2.48 bits per heavy atom. The molecule has 9 heteroatoms. The van der Waals surface area contributed by atoms with Crippen molar-refractivity contribution in [1.29, 1.82) is 0 Å². The van der Waals surface area contributed by atoms with Gasteiger partial charge in [0.25, 0.3) is 0 Å². The van der Waals surface area contributed by atoms with E-state index in [0.29, 0.717) is 11.4 Å². The average Bonchev–Trinajstić information content (AvgIpc) is 2.53. The number of alkyl halides is 3. The molecule has 0 fully saturated rings. The first-order chi connectivity index (χ1) is 11.7. The molecular formula is C16H15F4N3OS. The summed E-state index contributed by atoms with van der Waals surface area (Å²) >= 11 is 0. The van der Waals surface area contributed by atoms with Crippen LogP contribution in [0.4, 0.5) is 23.2 Å². The predicted octanol–water partition coefficient (Wildman–Crippen LogP) is 3.69. The third-order valence-electron chi connectivity index (χ3n) is 3.24. The zero-order chi connectivity index (χ0) is 18.6. The Kier molecular flexibility index (Phi) is 5.89. The molecule has 25 heavy (non-hydrogen) atoms. The van der Waals surface area contributed by atoms with Crippen LogP contribution >= 0.6 is 0 Å². The molecule has 0 aliphatic carbocycles. The zero-order valence-corrected chi connectivity index (χ0v) is 14.2. The third-order valence-corrected chi connectivity index (χ3v) is 4.76. The first kappa shape index (κ1) is 19.0. The lowest BCUT2D eigenvalue weighted by Gasteiger charge is -2.14. The molecule has 1 atom stereocenters. The summed E-state index contributed by atoms with van der Waals surface area (Å²) in [7, 11) is -0.842. The van der Waals surface area contributed by atoms with Gasteiger partial charge in [0.05, 0.1) is 16.5 Å². The second kappa shape index (κ2) is 7.73. The van der Waals surface area contributed by atoms with Crippen LogP contribution in [0.25, 0.3) is 0 Å². The number of rotatable bonds is 4. The Morgan fingerprint density at radius 2 is 1.92 bits per heavy atom. The molecule has 0 spiro atoms. The van der Waals surface area contributed by atoms with Crippen molar-refractivity contribution in [3.05, 3.63) is 53.6 Å². The van der Waals surface area contributed by atoms with Crippen LogP contribution in [0.1, 0.15) is 11.1 Å². The van der Waals surface area contributed by atoms with Gasteiger partial charge in [-0.15, -0.1) is 0 Å². The second-order valence-corrected chi connectivity index (χ2v) is 6.56. The topological polar surface area (TPSA) is 54.4 Å². The Hall–Kier alpha value is -2.29. The second-order valence-electron chi connectivity index (χ2n) is 5.14. The third kappa shape index (κ3) is 5.09. The van der Waals surface area contributed by atoms with Gasteiger partial charge in [-0.2, -0.15) is 13.2 Å². The van der Waals surface area contributed by atoms with E-state index in [2.05, 4.69) is 15.3 Å². The summed E-state index contributed by atoms with van der Waals surface area (Å²) in [6.45, 7) is 1.41. The van der Waals surface area contributed by atoms with Gasteiger partial charge in [0.2, 0.25) is 0 Å². The molecule has 0 radical (unpaired) electrons. The van der Waals surface area contributed by atoms with E-state index in [4.69, 9.17) is 0 Å². The summed E-state index contributed by atoms with van der Waals surface area (Å²) in [5.41, 5.74) is 0.702. The molecule has 1 aromatic carbocycles. The van der Waals surface area contributed by atoms with Crippen LogP contribution in [0.3, 0.4) is 0 Å². The normalized spacial score (nSPS) is 13.6. The van der Waals surface area contributed by atoms with Gasteiger partial charge in [0.15, 0.2) is 0 Å². The number of hydrogen-bond donors (Lipinski definition) is 1. The quantitative estimate of drug-likeness (QED) is 0.505. The van der Waals surface area contributed by atoms with Crippen molar-refractivity contribution in [1.82, 2.24) is 4.98 Å². The van der Waals surface area contributed by atoms with Crippen LogP contribution in [-0.4, -0.2) is 34.0 Å². The van der Waals surface area contributed by atoms with Crippen molar-refractivity contribution in [2.24, 2.45) is 4.99 Å². The highest BCUT2D eigenvalue weighted by Gasteiger charge is 2.31. The van der Waals surface area contributed by atoms with E-state index in [0.717, 1.165) is 12.1 Å². The fourth-order valence-corrected chi connectivity index (χ4v) is 3.23. The van der Waals surface area contributed by atoms with Gasteiger partial charge < -0.3 is 5.32 Å². The number of nitrogens with one attached hydrogen (secondary N) is 1. The van der Waals surface area contributed by atoms with Crippen LogP contribution in [0, 0.1) is 12.7 Å². The summed E-state index contributed by atoms with van der Waals surface area (Å²) < 4.78 is 63.6. The number of benzene rings is 1. The maximum Gasteiger partial charge on any atom is 0.400 e. The van der Waals surface area contributed by atoms with Crippen LogP contribution in [0.5, 0.6) is 0 Å². The standard InChI is InChI=1S/C16H15F4N3OS/c1-10-7-12(17)13(8-14(10)25(24)9-16(18,19)20)23-15(21-2)11-3-5-22-6-4-11/h3-8H,9H2,1-2H3,(H,21,23). The number of hydrogen-bond acceptors (Lipinski definition) is 3. The highest BCUT2D eigenvalue weighted by molar-refractivity contribution is 7.85. The van der Waals surface area contributed by atoms with E-state index in [-0.39, 0.29) is 16.1 Å². The molecule has 0 amide bonds. The number of halogens is 4. The molecular weight excluding hydrogens is 358 g/mol.